The molecule has 1 aliphatic rings. The Morgan fingerprint density at radius 1 is 1.33 bits per heavy atom. The van der Waals surface area contributed by atoms with E-state index in [1.165, 1.54) is 0 Å². The quantitative estimate of drug-likeness (QED) is 0.736. The third-order valence-corrected chi connectivity index (χ3v) is 5.46. The van der Waals surface area contributed by atoms with E-state index in [1.807, 2.05) is 0 Å². The van der Waals surface area contributed by atoms with Crippen molar-refractivity contribution >= 4 is 9.84 Å². The SMILES string of the molecule is CC(C)(C)S(=O)(=O)CCNC1CC(O)C1. The first-order valence-corrected chi connectivity index (χ1v) is 7.01. The molecule has 0 amide bonds. The van der Waals surface area contributed by atoms with Crippen LogP contribution < -0.4 is 5.32 Å². The summed E-state index contributed by atoms with van der Waals surface area (Å²) in [7, 11) is -3.02. The molecule has 90 valence electrons. The summed E-state index contributed by atoms with van der Waals surface area (Å²) in [4.78, 5) is 0. The van der Waals surface area contributed by atoms with Crippen LogP contribution in [0.15, 0.2) is 0 Å². The summed E-state index contributed by atoms with van der Waals surface area (Å²) in [6.07, 6.45) is 1.30. The maximum Gasteiger partial charge on any atom is 0.156 e. The van der Waals surface area contributed by atoms with E-state index < -0.39 is 14.6 Å². The monoisotopic (exact) mass is 235 g/mol. The Bertz CT molecular complexity index is 299. The molecule has 0 aromatic heterocycles. The maximum absolute atomic E-state index is 11.7. The average molecular weight is 235 g/mol. The van der Waals surface area contributed by atoms with E-state index in [2.05, 4.69) is 5.32 Å². The van der Waals surface area contributed by atoms with E-state index in [4.69, 9.17) is 5.11 Å². The zero-order valence-corrected chi connectivity index (χ0v) is 10.5. The Hall–Kier alpha value is -0.130. The number of aliphatic hydroxyl groups excluding tert-OH is 1. The summed E-state index contributed by atoms with van der Waals surface area (Å²) in [6.45, 7) is 5.64. The van der Waals surface area contributed by atoms with Crippen LogP contribution in [0.25, 0.3) is 0 Å². The standard InChI is InChI=1S/C10H21NO3S/c1-10(2,3)15(13,14)5-4-11-8-6-9(12)7-8/h8-9,11-12H,4-7H2,1-3H3. The van der Waals surface area contributed by atoms with Gasteiger partial charge in [-0.05, 0) is 33.6 Å². The van der Waals surface area contributed by atoms with Gasteiger partial charge in [0, 0.05) is 12.6 Å². The molecule has 0 unspecified atom stereocenters. The number of hydrogen-bond acceptors (Lipinski definition) is 4. The van der Waals surface area contributed by atoms with Gasteiger partial charge in [-0.25, -0.2) is 8.42 Å². The molecule has 4 nitrogen and oxygen atoms in total. The van der Waals surface area contributed by atoms with Gasteiger partial charge in [0.1, 0.15) is 0 Å². The van der Waals surface area contributed by atoms with Crippen molar-refractivity contribution in [3.05, 3.63) is 0 Å². The molecule has 15 heavy (non-hydrogen) atoms. The minimum absolute atomic E-state index is 0.170. The third-order valence-electron chi connectivity index (χ3n) is 2.85. The van der Waals surface area contributed by atoms with Crippen molar-refractivity contribution in [3.8, 4) is 0 Å². The summed E-state index contributed by atoms with van der Waals surface area (Å²) in [5, 5.41) is 12.2. The number of hydrogen-bond donors (Lipinski definition) is 2. The first kappa shape index (κ1) is 12.9. The molecule has 0 heterocycles. The average Bonchev–Trinajstić information content (AvgIpc) is 1.98. The lowest BCUT2D eigenvalue weighted by atomic mass is 9.90. The smallest absolute Gasteiger partial charge is 0.156 e. The van der Waals surface area contributed by atoms with Crippen molar-refractivity contribution in [1.29, 1.82) is 0 Å². The predicted octanol–water partition coefficient (Wildman–Crippen LogP) is 0.313. The second-order valence-corrected chi connectivity index (χ2v) is 8.07. The minimum Gasteiger partial charge on any atom is -0.393 e. The second-order valence-electron chi connectivity index (χ2n) is 5.21. The predicted molar refractivity (Wildman–Crippen MR) is 60.6 cm³/mol. The molecule has 1 rings (SSSR count). The number of aliphatic hydroxyl groups is 1. The van der Waals surface area contributed by atoms with Crippen molar-refractivity contribution in [1.82, 2.24) is 5.32 Å². The molecule has 0 atom stereocenters. The summed E-state index contributed by atoms with van der Waals surface area (Å²) < 4.78 is 22.8. The molecule has 0 spiro atoms. The van der Waals surface area contributed by atoms with Gasteiger partial charge in [-0.1, -0.05) is 0 Å². The lowest BCUT2D eigenvalue weighted by molar-refractivity contribution is 0.0635. The fourth-order valence-electron chi connectivity index (χ4n) is 1.46. The van der Waals surface area contributed by atoms with Crippen molar-refractivity contribution in [3.63, 3.8) is 0 Å². The highest BCUT2D eigenvalue weighted by Crippen LogP contribution is 2.19. The topological polar surface area (TPSA) is 66.4 Å². The highest BCUT2D eigenvalue weighted by Gasteiger charge is 2.30. The van der Waals surface area contributed by atoms with E-state index in [9.17, 15) is 8.42 Å². The van der Waals surface area contributed by atoms with Gasteiger partial charge < -0.3 is 10.4 Å². The summed E-state index contributed by atoms with van der Waals surface area (Å²) in [5.41, 5.74) is 0. The van der Waals surface area contributed by atoms with Gasteiger partial charge in [0.2, 0.25) is 0 Å². The Balaban J connectivity index is 2.26. The van der Waals surface area contributed by atoms with Crippen LogP contribution in [0.2, 0.25) is 0 Å². The Morgan fingerprint density at radius 3 is 2.27 bits per heavy atom. The van der Waals surface area contributed by atoms with Crippen LogP contribution in [0.3, 0.4) is 0 Å². The number of nitrogens with one attached hydrogen (secondary N) is 1. The summed E-state index contributed by atoms with van der Waals surface area (Å²) in [5.74, 6) is 0.170. The van der Waals surface area contributed by atoms with Gasteiger partial charge in [-0.2, -0.15) is 0 Å². The molecule has 1 aliphatic carbocycles. The molecule has 0 bridgehead atoms. The first-order valence-electron chi connectivity index (χ1n) is 5.36. The molecule has 0 aliphatic heterocycles. The van der Waals surface area contributed by atoms with Crippen molar-refractivity contribution in [2.75, 3.05) is 12.3 Å². The Kier molecular flexibility index (Phi) is 3.79. The highest BCUT2D eigenvalue weighted by atomic mass is 32.2. The molecule has 2 N–H and O–H groups in total. The molecular formula is C10H21NO3S. The number of sulfone groups is 1. The van der Waals surface area contributed by atoms with Crippen LogP contribution in [0.4, 0.5) is 0 Å². The van der Waals surface area contributed by atoms with Crippen molar-refractivity contribution in [2.24, 2.45) is 0 Å². The zero-order valence-electron chi connectivity index (χ0n) is 9.66. The fourth-order valence-corrected chi connectivity index (χ4v) is 2.46. The molecule has 0 aromatic carbocycles. The molecule has 1 saturated carbocycles. The molecule has 1 fully saturated rings. The van der Waals surface area contributed by atoms with Gasteiger partial charge in [0.25, 0.3) is 0 Å². The summed E-state index contributed by atoms with van der Waals surface area (Å²) in [6, 6.07) is 0.301. The van der Waals surface area contributed by atoms with Gasteiger partial charge >= 0.3 is 0 Å². The van der Waals surface area contributed by atoms with Crippen molar-refractivity contribution < 1.29 is 13.5 Å². The largest absolute Gasteiger partial charge is 0.393 e. The Labute approximate surface area is 92.0 Å². The molecule has 0 radical (unpaired) electrons. The van der Waals surface area contributed by atoms with E-state index in [-0.39, 0.29) is 11.9 Å². The van der Waals surface area contributed by atoms with Crippen LogP contribution in [0.5, 0.6) is 0 Å². The van der Waals surface area contributed by atoms with Crippen LogP contribution >= 0.6 is 0 Å². The number of rotatable bonds is 4. The lowest BCUT2D eigenvalue weighted by Crippen LogP contribution is -2.46. The van der Waals surface area contributed by atoms with E-state index in [1.54, 1.807) is 20.8 Å². The highest BCUT2D eigenvalue weighted by molar-refractivity contribution is 7.92. The van der Waals surface area contributed by atoms with Crippen LogP contribution in [0.1, 0.15) is 33.6 Å². The minimum atomic E-state index is -3.02. The molecule has 0 aromatic rings. The molecule has 0 saturated heterocycles. The van der Waals surface area contributed by atoms with Crippen molar-refractivity contribution in [2.45, 2.75) is 50.5 Å². The fraction of sp³-hybridized carbons (Fsp3) is 1.00. The van der Waals surface area contributed by atoms with E-state index in [0.29, 0.717) is 12.6 Å². The van der Waals surface area contributed by atoms with E-state index >= 15 is 0 Å². The van der Waals surface area contributed by atoms with Crippen LogP contribution in [-0.2, 0) is 9.84 Å². The third kappa shape index (κ3) is 3.43. The first-order chi connectivity index (χ1) is 6.72. The van der Waals surface area contributed by atoms with Gasteiger partial charge in [0.15, 0.2) is 9.84 Å². The van der Waals surface area contributed by atoms with Crippen LogP contribution in [0, 0.1) is 0 Å². The van der Waals surface area contributed by atoms with E-state index in [0.717, 1.165) is 12.8 Å². The van der Waals surface area contributed by atoms with Gasteiger partial charge in [-0.3, -0.25) is 0 Å². The van der Waals surface area contributed by atoms with Crippen LogP contribution in [-0.4, -0.2) is 42.7 Å². The molecule has 5 heteroatoms. The normalized spacial score (nSPS) is 27.5. The summed E-state index contributed by atoms with van der Waals surface area (Å²) >= 11 is 0. The zero-order chi connectivity index (χ0) is 11.7. The second kappa shape index (κ2) is 4.39. The maximum atomic E-state index is 11.7. The van der Waals surface area contributed by atoms with Gasteiger partial charge in [0.05, 0.1) is 16.6 Å². The Morgan fingerprint density at radius 2 is 1.87 bits per heavy atom. The lowest BCUT2D eigenvalue weighted by Gasteiger charge is -2.32. The molecular weight excluding hydrogens is 214 g/mol. The van der Waals surface area contributed by atoms with Gasteiger partial charge in [-0.15, -0.1) is 0 Å².